The summed E-state index contributed by atoms with van der Waals surface area (Å²) >= 11 is 1.65. The third kappa shape index (κ3) is 4.23. The summed E-state index contributed by atoms with van der Waals surface area (Å²) in [5.41, 5.74) is 2.06. The molecule has 7 nitrogen and oxygen atoms in total. The lowest BCUT2D eigenvalue weighted by atomic mass is 10.1. The molecule has 1 atom stereocenters. The molecular formula is C26H27N3O4S. The molecule has 3 aliphatic rings. The molecule has 1 amide bonds. The van der Waals surface area contributed by atoms with E-state index in [1.807, 2.05) is 35.7 Å². The number of ether oxygens (including phenoxy) is 2. The van der Waals surface area contributed by atoms with Crippen molar-refractivity contribution < 1.29 is 18.7 Å². The van der Waals surface area contributed by atoms with Crippen LogP contribution in [0.25, 0.3) is 0 Å². The molecule has 0 spiro atoms. The van der Waals surface area contributed by atoms with Crippen molar-refractivity contribution in [2.75, 3.05) is 13.3 Å². The highest BCUT2D eigenvalue weighted by Crippen LogP contribution is 2.36. The number of carbonyl (C=O) groups excluding carboxylic acids is 1. The zero-order valence-corrected chi connectivity index (χ0v) is 19.7. The van der Waals surface area contributed by atoms with Crippen LogP contribution in [-0.2, 0) is 11.3 Å². The summed E-state index contributed by atoms with van der Waals surface area (Å²) in [7, 11) is 0. The molecule has 1 unspecified atom stereocenters. The van der Waals surface area contributed by atoms with Crippen LogP contribution in [0.15, 0.2) is 63.6 Å². The van der Waals surface area contributed by atoms with Gasteiger partial charge in [0.25, 0.3) is 5.91 Å². The van der Waals surface area contributed by atoms with Gasteiger partial charge in [0.2, 0.25) is 6.79 Å². The molecule has 6 rings (SSSR count). The highest BCUT2D eigenvalue weighted by atomic mass is 32.1. The molecule has 2 aliphatic heterocycles. The van der Waals surface area contributed by atoms with Gasteiger partial charge in [-0.25, -0.2) is 5.01 Å². The fraction of sp³-hybridized carbons (Fsp3) is 0.385. The van der Waals surface area contributed by atoms with Gasteiger partial charge in [-0.15, -0.1) is 11.3 Å². The van der Waals surface area contributed by atoms with Crippen LogP contribution < -0.4 is 9.47 Å². The molecule has 0 bridgehead atoms. The quantitative estimate of drug-likeness (QED) is 0.468. The fourth-order valence-electron chi connectivity index (χ4n) is 5.14. The van der Waals surface area contributed by atoms with E-state index < -0.39 is 0 Å². The van der Waals surface area contributed by atoms with Gasteiger partial charge in [0.05, 0.1) is 23.4 Å². The Bertz CT molecular complexity index is 1170. The Morgan fingerprint density at radius 1 is 1.12 bits per heavy atom. The summed E-state index contributed by atoms with van der Waals surface area (Å²) in [5.74, 6) is 2.33. The Labute approximate surface area is 202 Å². The van der Waals surface area contributed by atoms with E-state index in [4.69, 9.17) is 19.0 Å². The monoisotopic (exact) mass is 477 g/mol. The Hall–Kier alpha value is -3.10. The minimum Gasteiger partial charge on any atom is -0.467 e. The topological polar surface area (TPSA) is 67.5 Å². The van der Waals surface area contributed by atoms with E-state index in [2.05, 4.69) is 17.0 Å². The van der Waals surface area contributed by atoms with E-state index >= 15 is 0 Å². The Kier molecular flexibility index (Phi) is 5.84. The smallest absolute Gasteiger partial charge is 0.257 e. The van der Waals surface area contributed by atoms with Gasteiger partial charge >= 0.3 is 0 Å². The van der Waals surface area contributed by atoms with Gasteiger partial charge in [0.15, 0.2) is 11.5 Å². The Balaban J connectivity index is 1.24. The predicted molar refractivity (Wildman–Crippen MR) is 129 cm³/mol. The van der Waals surface area contributed by atoms with Gasteiger partial charge in [-0.2, -0.15) is 5.10 Å². The lowest BCUT2D eigenvalue weighted by Crippen LogP contribution is -2.42. The molecule has 3 aromatic rings. The summed E-state index contributed by atoms with van der Waals surface area (Å²) in [5, 5.41) is 8.48. The van der Waals surface area contributed by atoms with Gasteiger partial charge in [-0.05, 0) is 54.1 Å². The second-order valence-electron chi connectivity index (χ2n) is 9.03. The molecule has 1 saturated carbocycles. The number of hydrogen-bond acceptors (Lipinski definition) is 7. The number of benzene rings is 1. The number of nitrogens with zero attached hydrogens (tertiary/aromatic N) is 3. The van der Waals surface area contributed by atoms with Crippen molar-refractivity contribution in [1.29, 1.82) is 0 Å². The van der Waals surface area contributed by atoms with Gasteiger partial charge < -0.3 is 13.9 Å². The molecule has 176 valence electrons. The van der Waals surface area contributed by atoms with Crippen LogP contribution in [0.1, 0.15) is 54.3 Å². The van der Waals surface area contributed by atoms with Crippen molar-refractivity contribution in [2.45, 2.75) is 50.7 Å². The highest BCUT2D eigenvalue weighted by Gasteiger charge is 2.36. The third-order valence-corrected chi connectivity index (χ3v) is 7.76. The number of rotatable bonds is 7. The number of amides is 1. The first kappa shape index (κ1) is 21.4. The van der Waals surface area contributed by atoms with Crippen molar-refractivity contribution in [3.05, 3.63) is 70.3 Å². The zero-order valence-electron chi connectivity index (χ0n) is 18.9. The van der Waals surface area contributed by atoms with E-state index in [1.165, 1.54) is 12.8 Å². The number of carbonyl (C=O) groups is 1. The maximum Gasteiger partial charge on any atom is 0.257 e. The number of thiophene rings is 1. The van der Waals surface area contributed by atoms with Crippen LogP contribution in [0.5, 0.6) is 11.5 Å². The molecule has 2 aromatic heterocycles. The normalized spacial score (nSPS) is 19.9. The predicted octanol–water partition coefficient (Wildman–Crippen LogP) is 5.19. The first-order valence-corrected chi connectivity index (χ1v) is 12.7. The number of fused-ring (bicyclic) bond motifs is 1. The molecule has 1 fully saturated rings. The van der Waals surface area contributed by atoms with Crippen molar-refractivity contribution in [1.82, 2.24) is 9.91 Å². The Morgan fingerprint density at radius 3 is 2.79 bits per heavy atom. The maximum atomic E-state index is 13.7. The SMILES string of the molecule is O=C(CN(Cc1ccc2c(c1)OCO2)C1CCCC1)N1N=C(c2cccs2)CC1c1ccco1. The van der Waals surface area contributed by atoms with Gasteiger partial charge in [-0.3, -0.25) is 9.69 Å². The molecule has 1 aromatic carbocycles. The average Bonchev–Trinajstić information content (AvgIpc) is 3.69. The first-order chi connectivity index (χ1) is 16.7. The van der Waals surface area contributed by atoms with Crippen molar-refractivity contribution in [3.8, 4) is 11.5 Å². The van der Waals surface area contributed by atoms with Crippen molar-refractivity contribution in [2.24, 2.45) is 5.10 Å². The molecule has 0 saturated heterocycles. The lowest BCUT2D eigenvalue weighted by Gasteiger charge is -2.30. The molecule has 4 heterocycles. The molecule has 8 heteroatoms. The van der Waals surface area contributed by atoms with Crippen molar-refractivity contribution >= 4 is 23.0 Å². The van der Waals surface area contributed by atoms with Crippen LogP contribution in [0.3, 0.4) is 0 Å². The fourth-order valence-corrected chi connectivity index (χ4v) is 5.86. The van der Waals surface area contributed by atoms with Gasteiger partial charge in [-0.1, -0.05) is 25.0 Å². The summed E-state index contributed by atoms with van der Waals surface area (Å²) in [6.07, 6.45) is 6.95. The molecule has 0 radical (unpaired) electrons. The lowest BCUT2D eigenvalue weighted by molar-refractivity contribution is -0.135. The van der Waals surface area contributed by atoms with Crippen LogP contribution in [0, 0.1) is 0 Å². The van der Waals surface area contributed by atoms with Crippen LogP contribution in [0.4, 0.5) is 0 Å². The Morgan fingerprint density at radius 2 is 2.00 bits per heavy atom. The highest BCUT2D eigenvalue weighted by molar-refractivity contribution is 7.12. The summed E-state index contributed by atoms with van der Waals surface area (Å²) in [4.78, 5) is 17.1. The van der Waals surface area contributed by atoms with Crippen LogP contribution in [-0.4, -0.2) is 40.9 Å². The molecule has 1 aliphatic carbocycles. The summed E-state index contributed by atoms with van der Waals surface area (Å²) < 4.78 is 16.7. The zero-order chi connectivity index (χ0) is 22.9. The summed E-state index contributed by atoms with van der Waals surface area (Å²) in [6, 6.07) is 14.1. The third-order valence-electron chi connectivity index (χ3n) is 6.85. The minimum absolute atomic E-state index is 0.000555. The summed E-state index contributed by atoms with van der Waals surface area (Å²) in [6.45, 7) is 1.27. The number of hydrazone groups is 1. The van der Waals surface area contributed by atoms with Crippen LogP contribution in [0.2, 0.25) is 0 Å². The average molecular weight is 478 g/mol. The number of hydrogen-bond donors (Lipinski definition) is 0. The largest absolute Gasteiger partial charge is 0.467 e. The standard InChI is InChI=1S/C26H27N3O4S/c30-26(29-21(22-7-3-11-31-22)14-20(27-29)25-8-4-12-34-25)16-28(19-5-1-2-6-19)15-18-9-10-23-24(13-18)33-17-32-23/h3-4,7-13,19,21H,1-2,5-6,14-17H2. The number of furan rings is 1. The second-order valence-corrected chi connectivity index (χ2v) is 9.98. The van der Waals surface area contributed by atoms with E-state index in [-0.39, 0.29) is 18.7 Å². The van der Waals surface area contributed by atoms with Crippen molar-refractivity contribution in [3.63, 3.8) is 0 Å². The van der Waals surface area contributed by atoms with E-state index in [0.29, 0.717) is 25.6 Å². The second kappa shape index (κ2) is 9.27. The maximum absolute atomic E-state index is 13.7. The molecule has 34 heavy (non-hydrogen) atoms. The van der Waals surface area contributed by atoms with Gasteiger partial charge in [0, 0.05) is 19.0 Å². The van der Waals surface area contributed by atoms with E-state index in [0.717, 1.165) is 46.3 Å². The first-order valence-electron chi connectivity index (χ1n) is 11.8. The minimum atomic E-state index is -0.212. The molecular weight excluding hydrogens is 450 g/mol. The van der Waals surface area contributed by atoms with E-state index in [9.17, 15) is 4.79 Å². The van der Waals surface area contributed by atoms with Crippen LogP contribution >= 0.6 is 11.3 Å². The molecule has 0 N–H and O–H groups in total. The van der Waals surface area contributed by atoms with Gasteiger partial charge in [0.1, 0.15) is 11.8 Å². The van der Waals surface area contributed by atoms with E-state index in [1.54, 1.807) is 22.6 Å².